The number of fused-ring (bicyclic) bond motifs is 4. The standard InChI is InChI=1S/C32H28FNO2/c1-32(2)17-25-29-24-9-5-3-7-20(24)13-16-27(29)34-31(30(25)28(35)18-32)21-11-14-23(15-12-21)36-19-22-8-4-6-10-26(22)33/h3-16,31,34H,17-19H2,1-2H3. The van der Waals surface area contributed by atoms with Crippen molar-refractivity contribution in [3.05, 3.63) is 113 Å². The van der Waals surface area contributed by atoms with Crippen LogP contribution in [-0.2, 0) is 11.4 Å². The summed E-state index contributed by atoms with van der Waals surface area (Å²) in [6, 6.07) is 26.8. The number of Topliss-reactive ketones (excluding diaryl/α,β-unsaturated/α-hetero) is 1. The molecule has 0 amide bonds. The molecule has 36 heavy (non-hydrogen) atoms. The highest BCUT2D eigenvalue weighted by atomic mass is 19.1. The fraction of sp³-hybridized carbons (Fsp3) is 0.219. The van der Waals surface area contributed by atoms with Crippen molar-refractivity contribution in [2.24, 2.45) is 5.41 Å². The summed E-state index contributed by atoms with van der Waals surface area (Å²) in [5, 5.41) is 6.03. The molecule has 1 atom stereocenters. The first-order valence-electron chi connectivity index (χ1n) is 12.4. The van der Waals surface area contributed by atoms with E-state index in [0.717, 1.165) is 34.4 Å². The molecule has 4 heteroatoms. The highest BCUT2D eigenvalue weighted by molar-refractivity contribution is 6.12. The number of carbonyl (C=O) groups is 1. The van der Waals surface area contributed by atoms with Gasteiger partial charge in [-0.2, -0.15) is 0 Å². The summed E-state index contributed by atoms with van der Waals surface area (Å²) in [4.78, 5) is 13.6. The molecule has 0 aromatic heterocycles. The monoisotopic (exact) mass is 477 g/mol. The average molecular weight is 478 g/mol. The lowest BCUT2D eigenvalue weighted by atomic mass is 9.68. The van der Waals surface area contributed by atoms with Crippen LogP contribution in [0.15, 0.2) is 90.5 Å². The van der Waals surface area contributed by atoms with Crippen molar-refractivity contribution in [2.45, 2.75) is 39.3 Å². The molecule has 0 fully saturated rings. The molecular weight excluding hydrogens is 449 g/mol. The van der Waals surface area contributed by atoms with Crippen LogP contribution in [0.5, 0.6) is 5.75 Å². The van der Waals surface area contributed by atoms with Gasteiger partial charge in [-0.3, -0.25) is 4.79 Å². The quantitative estimate of drug-likeness (QED) is 0.325. The number of nitrogens with one attached hydrogen (secondary N) is 1. The molecular formula is C32H28FNO2. The van der Waals surface area contributed by atoms with Crippen molar-refractivity contribution >= 4 is 27.8 Å². The molecule has 1 aliphatic carbocycles. The fourth-order valence-electron chi connectivity index (χ4n) is 5.62. The Labute approximate surface area is 210 Å². The number of hydrogen-bond donors (Lipinski definition) is 1. The topological polar surface area (TPSA) is 38.3 Å². The molecule has 0 saturated carbocycles. The van der Waals surface area contributed by atoms with Crippen LogP contribution < -0.4 is 10.1 Å². The van der Waals surface area contributed by atoms with Gasteiger partial charge in [0.25, 0.3) is 0 Å². The van der Waals surface area contributed by atoms with Gasteiger partial charge < -0.3 is 10.1 Å². The number of hydrogen-bond acceptors (Lipinski definition) is 3. The van der Waals surface area contributed by atoms with E-state index in [0.29, 0.717) is 17.7 Å². The normalized spacial score (nSPS) is 18.4. The minimum atomic E-state index is -0.273. The number of anilines is 1. The molecule has 0 spiro atoms. The molecule has 3 nitrogen and oxygen atoms in total. The first-order valence-corrected chi connectivity index (χ1v) is 12.4. The third-order valence-corrected chi connectivity index (χ3v) is 7.30. The van der Waals surface area contributed by atoms with Crippen LogP contribution >= 0.6 is 0 Å². The summed E-state index contributed by atoms with van der Waals surface area (Å²) in [6.45, 7) is 4.52. The van der Waals surface area contributed by atoms with Gasteiger partial charge in [0, 0.05) is 28.8 Å². The Bertz CT molecular complexity index is 1520. The van der Waals surface area contributed by atoms with Crippen molar-refractivity contribution in [3.8, 4) is 5.75 Å². The third-order valence-electron chi connectivity index (χ3n) is 7.30. The van der Waals surface area contributed by atoms with Crippen LogP contribution in [0.25, 0.3) is 16.3 Å². The molecule has 0 saturated heterocycles. The number of benzene rings is 4. The Balaban J connectivity index is 1.37. The zero-order chi connectivity index (χ0) is 24.9. The van der Waals surface area contributed by atoms with Crippen molar-refractivity contribution in [1.82, 2.24) is 0 Å². The Morgan fingerprint density at radius 1 is 0.917 bits per heavy atom. The maximum absolute atomic E-state index is 13.9. The predicted molar refractivity (Wildman–Crippen MR) is 142 cm³/mol. The molecule has 4 aromatic carbocycles. The highest BCUT2D eigenvalue weighted by Gasteiger charge is 2.40. The average Bonchev–Trinajstić information content (AvgIpc) is 2.87. The van der Waals surface area contributed by atoms with Gasteiger partial charge in [-0.15, -0.1) is 0 Å². The lowest BCUT2D eigenvalue weighted by Crippen LogP contribution is -2.33. The van der Waals surface area contributed by atoms with Gasteiger partial charge in [-0.1, -0.05) is 74.5 Å². The number of halogens is 1. The molecule has 1 heterocycles. The molecule has 1 aliphatic heterocycles. The van der Waals surface area contributed by atoms with Gasteiger partial charge in [0.15, 0.2) is 5.78 Å². The second kappa shape index (κ2) is 8.63. The molecule has 1 unspecified atom stereocenters. The fourth-order valence-corrected chi connectivity index (χ4v) is 5.62. The van der Waals surface area contributed by atoms with Gasteiger partial charge in [0.1, 0.15) is 18.2 Å². The van der Waals surface area contributed by atoms with Crippen LogP contribution in [0.3, 0.4) is 0 Å². The van der Waals surface area contributed by atoms with Crippen LogP contribution in [0, 0.1) is 11.2 Å². The number of rotatable bonds is 4. The largest absolute Gasteiger partial charge is 0.489 e. The second-order valence-corrected chi connectivity index (χ2v) is 10.6. The van der Waals surface area contributed by atoms with Gasteiger partial charge in [0.05, 0.1) is 6.04 Å². The summed E-state index contributed by atoms with van der Waals surface area (Å²) >= 11 is 0. The van der Waals surface area contributed by atoms with E-state index < -0.39 is 0 Å². The lowest BCUT2D eigenvalue weighted by Gasteiger charge is -2.40. The van der Waals surface area contributed by atoms with Gasteiger partial charge in [-0.25, -0.2) is 4.39 Å². The first-order chi connectivity index (χ1) is 17.4. The van der Waals surface area contributed by atoms with E-state index in [4.69, 9.17) is 4.74 Å². The number of carbonyl (C=O) groups excluding carboxylic acids is 1. The van der Waals surface area contributed by atoms with E-state index in [1.54, 1.807) is 18.2 Å². The van der Waals surface area contributed by atoms with Crippen LogP contribution in [0.1, 0.15) is 49.4 Å². The molecule has 4 aromatic rings. The molecule has 2 aliphatic rings. The predicted octanol–water partition coefficient (Wildman–Crippen LogP) is 7.87. The number of ketones is 1. The smallest absolute Gasteiger partial charge is 0.162 e. The van der Waals surface area contributed by atoms with Crippen molar-refractivity contribution in [2.75, 3.05) is 5.32 Å². The summed E-state index contributed by atoms with van der Waals surface area (Å²) in [6.07, 6.45) is 1.39. The molecule has 6 rings (SSSR count). The van der Waals surface area contributed by atoms with E-state index in [1.807, 2.05) is 24.3 Å². The first kappa shape index (κ1) is 22.5. The Morgan fingerprint density at radius 2 is 1.67 bits per heavy atom. The van der Waals surface area contributed by atoms with E-state index in [1.165, 1.54) is 16.8 Å². The zero-order valence-electron chi connectivity index (χ0n) is 20.5. The van der Waals surface area contributed by atoms with Crippen LogP contribution in [-0.4, -0.2) is 5.78 Å². The summed E-state index contributed by atoms with van der Waals surface area (Å²) in [5.41, 5.74) is 5.69. The van der Waals surface area contributed by atoms with Gasteiger partial charge in [0.2, 0.25) is 0 Å². The van der Waals surface area contributed by atoms with Crippen molar-refractivity contribution in [3.63, 3.8) is 0 Å². The maximum Gasteiger partial charge on any atom is 0.162 e. The maximum atomic E-state index is 13.9. The molecule has 0 radical (unpaired) electrons. The number of allylic oxidation sites excluding steroid dienone is 1. The minimum Gasteiger partial charge on any atom is -0.489 e. The van der Waals surface area contributed by atoms with Crippen LogP contribution in [0.4, 0.5) is 10.1 Å². The summed E-state index contributed by atoms with van der Waals surface area (Å²) < 4.78 is 19.8. The highest BCUT2D eigenvalue weighted by Crippen LogP contribution is 2.52. The van der Waals surface area contributed by atoms with Gasteiger partial charge in [-0.05, 0) is 58.0 Å². The molecule has 0 bridgehead atoms. The van der Waals surface area contributed by atoms with E-state index in [9.17, 15) is 9.18 Å². The SMILES string of the molecule is CC1(C)CC(=O)C2=C(C1)c1c(ccc3ccccc13)NC2c1ccc(OCc2ccccc2F)cc1. The summed E-state index contributed by atoms with van der Waals surface area (Å²) in [7, 11) is 0. The second-order valence-electron chi connectivity index (χ2n) is 10.6. The van der Waals surface area contributed by atoms with Gasteiger partial charge >= 0.3 is 0 Å². The number of ether oxygens (including phenoxy) is 1. The van der Waals surface area contributed by atoms with E-state index in [2.05, 4.69) is 55.6 Å². The minimum absolute atomic E-state index is 0.0869. The van der Waals surface area contributed by atoms with E-state index >= 15 is 0 Å². The molecule has 1 N–H and O–H groups in total. The Hall–Kier alpha value is -3.92. The van der Waals surface area contributed by atoms with Crippen molar-refractivity contribution in [1.29, 1.82) is 0 Å². The van der Waals surface area contributed by atoms with Crippen molar-refractivity contribution < 1.29 is 13.9 Å². The Morgan fingerprint density at radius 3 is 2.47 bits per heavy atom. The van der Waals surface area contributed by atoms with Crippen LogP contribution in [0.2, 0.25) is 0 Å². The Kier molecular flexibility index (Phi) is 5.40. The van der Waals surface area contributed by atoms with E-state index in [-0.39, 0.29) is 29.7 Å². The lowest BCUT2D eigenvalue weighted by molar-refractivity contribution is -0.118. The summed E-state index contributed by atoms with van der Waals surface area (Å²) in [5.74, 6) is 0.594. The molecule has 180 valence electrons. The third kappa shape index (κ3) is 3.97. The zero-order valence-corrected chi connectivity index (χ0v) is 20.5.